The number of benzene rings is 2. The highest BCUT2D eigenvalue weighted by atomic mass is 16.6. The number of hydrogen-bond acceptors (Lipinski definition) is 6. The number of anilines is 1. The SMILES string of the molecule is Cc1cc(N2CCN(C(C(=O)N(C)C)c3ccccc3)CC2)cc(OC2COC2)c1C#N. The first-order valence-electron chi connectivity index (χ1n) is 11.0. The Bertz CT molecular complexity index is 990. The second kappa shape index (κ2) is 9.60. The molecule has 4 rings (SSSR count). The number of aryl methyl sites for hydroxylation is 1. The summed E-state index contributed by atoms with van der Waals surface area (Å²) >= 11 is 0. The van der Waals surface area contributed by atoms with Gasteiger partial charge in [0.15, 0.2) is 0 Å². The van der Waals surface area contributed by atoms with Crippen LogP contribution in [0, 0.1) is 18.3 Å². The Morgan fingerprint density at radius 2 is 1.84 bits per heavy atom. The molecule has 168 valence electrons. The van der Waals surface area contributed by atoms with Crippen molar-refractivity contribution in [2.24, 2.45) is 0 Å². The fourth-order valence-corrected chi connectivity index (χ4v) is 4.24. The van der Waals surface area contributed by atoms with Crippen molar-refractivity contribution in [3.8, 4) is 11.8 Å². The maximum atomic E-state index is 13.0. The number of likely N-dealkylation sites (N-methyl/N-ethyl adjacent to an activating group) is 1. The van der Waals surface area contributed by atoms with E-state index in [0.717, 1.165) is 43.0 Å². The van der Waals surface area contributed by atoms with Crippen molar-refractivity contribution in [1.82, 2.24) is 9.80 Å². The third kappa shape index (κ3) is 4.57. The van der Waals surface area contributed by atoms with Crippen LogP contribution >= 0.6 is 0 Å². The van der Waals surface area contributed by atoms with Gasteiger partial charge >= 0.3 is 0 Å². The average Bonchev–Trinajstić information content (AvgIpc) is 2.77. The van der Waals surface area contributed by atoms with Crippen LogP contribution in [0.2, 0.25) is 0 Å². The summed E-state index contributed by atoms with van der Waals surface area (Å²) in [7, 11) is 3.62. The molecular weight excluding hydrogens is 404 g/mol. The Morgan fingerprint density at radius 1 is 1.16 bits per heavy atom. The summed E-state index contributed by atoms with van der Waals surface area (Å²) < 4.78 is 11.2. The van der Waals surface area contributed by atoms with Crippen molar-refractivity contribution in [3.05, 3.63) is 59.2 Å². The van der Waals surface area contributed by atoms with Crippen LogP contribution in [0.25, 0.3) is 0 Å². The molecule has 0 aliphatic carbocycles. The zero-order chi connectivity index (χ0) is 22.7. The lowest BCUT2D eigenvalue weighted by atomic mass is 10.0. The molecule has 32 heavy (non-hydrogen) atoms. The van der Waals surface area contributed by atoms with Gasteiger partial charge in [-0.05, 0) is 24.1 Å². The molecule has 0 spiro atoms. The standard InChI is InChI=1S/C25H30N4O3/c1-18-13-20(14-23(22(18)15-26)32-21-16-31-17-21)28-9-11-29(12-10-28)24(25(30)27(2)3)19-7-5-4-6-8-19/h4-8,13-14,21,24H,9-12,16-17H2,1-3H3. The van der Waals surface area contributed by atoms with E-state index < -0.39 is 0 Å². The summed E-state index contributed by atoms with van der Waals surface area (Å²) in [5, 5.41) is 9.59. The van der Waals surface area contributed by atoms with Gasteiger partial charge in [0.2, 0.25) is 5.91 Å². The zero-order valence-corrected chi connectivity index (χ0v) is 19.0. The molecule has 0 saturated carbocycles. The van der Waals surface area contributed by atoms with Gasteiger partial charge in [-0.1, -0.05) is 30.3 Å². The largest absolute Gasteiger partial charge is 0.484 e. The molecule has 0 bridgehead atoms. The second-order valence-electron chi connectivity index (χ2n) is 8.59. The number of piperazine rings is 1. The predicted molar refractivity (Wildman–Crippen MR) is 123 cm³/mol. The topological polar surface area (TPSA) is 69.0 Å². The summed E-state index contributed by atoms with van der Waals surface area (Å²) in [6.45, 7) is 6.20. The van der Waals surface area contributed by atoms with Crippen LogP contribution in [0.5, 0.6) is 5.75 Å². The lowest BCUT2D eigenvalue weighted by molar-refractivity contribution is -0.134. The first-order chi connectivity index (χ1) is 15.5. The Labute approximate surface area is 189 Å². The van der Waals surface area contributed by atoms with Gasteiger partial charge in [-0.15, -0.1) is 0 Å². The minimum absolute atomic E-state index is 0.0114. The lowest BCUT2D eigenvalue weighted by Gasteiger charge is -2.40. The molecule has 2 aromatic carbocycles. The molecule has 2 heterocycles. The lowest BCUT2D eigenvalue weighted by Crippen LogP contribution is -2.51. The maximum absolute atomic E-state index is 13.0. The number of hydrogen-bond donors (Lipinski definition) is 0. The molecule has 0 radical (unpaired) electrons. The van der Waals surface area contributed by atoms with E-state index in [1.165, 1.54) is 0 Å². The Hall–Kier alpha value is -3.08. The van der Waals surface area contributed by atoms with Gasteiger partial charge in [-0.3, -0.25) is 9.69 Å². The van der Waals surface area contributed by atoms with Gasteiger partial charge in [0, 0.05) is 52.0 Å². The highest BCUT2D eigenvalue weighted by Gasteiger charge is 2.32. The van der Waals surface area contributed by atoms with Crippen LogP contribution in [0.15, 0.2) is 42.5 Å². The number of amides is 1. The molecule has 1 unspecified atom stereocenters. The summed E-state index contributed by atoms with van der Waals surface area (Å²) in [6.07, 6.45) is 0.0114. The van der Waals surface area contributed by atoms with Gasteiger partial charge < -0.3 is 19.3 Å². The van der Waals surface area contributed by atoms with Crippen LogP contribution in [0.4, 0.5) is 5.69 Å². The molecule has 7 nitrogen and oxygen atoms in total. The van der Waals surface area contributed by atoms with E-state index in [1.54, 1.807) is 4.90 Å². The van der Waals surface area contributed by atoms with Crippen molar-refractivity contribution in [1.29, 1.82) is 5.26 Å². The Balaban J connectivity index is 1.51. The third-order valence-electron chi connectivity index (χ3n) is 6.13. The molecular formula is C25H30N4O3. The fraction of sp³-hybridized carbons (Fsp3) is 0.440. The van der Waals surface area contributed by atoms with E-state index in [-0.39, 0.29) is 18.1 Å². The van der Waals surface area contributed by atoms with E-state index in [0.29, 0.717) is 24.5 Å². The molecule has 1 amide bonds. The number of ether oxygens (including phenoxy) is 2. The maximum Gasteiger partial charge on any atom is 0.244 e. The van der Waals surface area contributed by atoms with Crippen molar-refractivity contribution in [2.75, 3.05) is 58.4 Å². The number of carbonyl (C=O) groups is 1. The number of nitriles is 1. The molecule has 2 aliphatic heterocycles. The molecule has 0 N–H and O–H groups in total. The summed E-state index contributed by atoms with van der Waals surface area (Å²) in [5.41, 5.74) is 3.56. The smallest absolute Gasteiger partial charge is 0.244 e. The molecule has 7 heteroatoms. The van der Waals surface area contributed by atoms with Crippen molar-refractivity contribution in [2.45, 2.75) is 19.1 Å². The Morgan fingerprint density at radius 3 is 2.41 bits per heavy atom. The minimum Gasteiger partial charge on any atom is -0.484 e. The first kappa shape index (κ1) is 22.1. The third-order valence-corrected chi connectivity index (χ3v) is 6.13. The zero-order valence-electron chi connectivity index (χ0n) is 19.0. The van der Waals surface area contributed by atoms with E-state index in [1.807, 2.05) is 57.4 Å². The Kier molecular flexibility index (Phi) is 6.63. The van der Waals surface area contributed by atoms with Crippen LogP contribution < -0.4 is 9.64 Å². The normalized spacial score (nSPS) is 17.9. The molecule has 2 aliphatic rings. The highest BCUT2D eigenvalue weighted by Crippen LogP contribution is 2.32. The van der Waals surface area contributed by atoms with Crippen molar-refractivity contribution >= 4 is 11.6 Å². The van der Waals surface area contributed by atoms with Crippen LogP contribution in [0.1, 0.15) is 22.7 Å². The van der Waals surface area contributed by atoms with Crippen LogP contribution in [-0.4, -0.2) is 75.3 Å². The van der Waals surface area contributed by atoms with Crippen LogP contribution in [-0.2, 0) is 9.53 Å². The predicted octanol–water partition coefficient (Wildman–Crippen LogP) is 2.60. The number of carbonyl (C=O) groups excluding carboxylic acids is 1. The monoisotopic (exact) mass is 434 g/mol. The van der Waals surface area contributed by atoms with E-state index >= 15 is 0 Å². The molecule has 1 atom stereocenters. The number of rotatable bonds is 6. The molecule has 2 fully saturated rings. The van der Waals surface area contributed by atoms with Gasteiger partial charge in [0.1, 0.15) is 24.0 Å². The van der Waals surface area contributed by atoms with E-state index in [4.69, 9.17) is 9.47 Å². The van der Waals surface area contributed by atoms with Crippen LogP contribution in [0.3, 0.4) is 0 Å². The number of nitrogens with zero attached hydrogens (tertiary/aromatic N) is 4. The fourth-order valence-electron chi connectivity index (χ4n) is 4.24. The van der Waals surface area contributed by atoms with E-state index in [2.05, 4.69) is 21.9 Å². The molecule has 2 aromatic rings. The highest BCUT2D eigenvalue weighted by molar-refractivity contribution is 5.83. The van der Waals surface area contributed by atoms with Gasteiger partial charge in [0.25, 0.3) is 0 Å². The minimum atomic E-state index is -0.284. The van der Waals surface area contributed by atoms with Crippen molar-refractivity contribution < 1.29 is 14.3 Å². The average molecular weight is 435 g/mol. The second-order valence-corrected chi connectivity index (χ2v) is 8.59. The molecule has 0 aromatic heterocycles. The van der Waals surface area contributed by atoms with Gasteiger partial charge in [0.05, 0.1) is 18.8 Å². The summed E-state index contributed by atoms with van der Waals surface area (Å²) in [6, 6.07) is 16.0. The van der Waals surface area contributed by atoms with E-state index in [9.17, 15) is 10.1 Å². The van der Waals surface area contributed by atoms with Gasteiger partial charge in [-0.25, -0.2) is 0 Å². The molecule has 2 saturated heterocycles. The van der Waals surface area contributed by atoms with Crippen molar-refractivity contribution in [3.63, 3.8) is 0 Å². The quantitative estimate of drug-likeness (QED) is 0.696. The van der Waals surface area contributed by atoms with Gasteiger partial charge in [-0.2, -0.15) is 5.26 Å². The summed E-state index contributed by atoms with van der Waals surface area (Å²) in [5.74, 6) is 0.723. The first-order valence-corrected chi connectivity index (χ1v) is 11.0. The summed E-state index contributed by atoms with van der Waals surface area (Å²) in [4.78, 5) is 19.2.